The number of hydrogen-bond donors (Lipinski definition) is 0. The van der Waals surface area contributed by atoms with E-state index in [0.717, 1.165) is 34.4 Å². The van der Waals surface area contributed by atoms with E-state index in [4.69, 9.17) is 0 Å². The van der Waals surface area contributed by atoms with Crippen molar-refractivity contribution in [3.63, 3.8) is 0 Å². The lowest BCUT2D eigenvalue weighted by Crippen LogP contribution is -2.24. The Morgan fingerprint density at radius 2 is 2.05 bits per heavy atom. The summed E-state index contributed by atoms with van der Waals surface area (Å²) in [5.41, 5.74) is 2.78. The van der Waals surface area contributed by atoms with Crippen molar-refractivity contribution in [2.24, 2.45) is 0 Å². The molecule has 0 fully saturated rings. The summed E-state index contributed by atoms with van der Waals surface area (Å²) in [4.78, 5) is 11.9. The quantitative estimate of drug-likeness (QED) is 0.865. The van der Waals surface area contributed by atoms with Gasteiger partial charge < -0.3 is 0 Å². The second-order valence-electron chi connectivity index (χ2n) is 4.41. The first-order chi connectivity index (χ1) is 9.06. The number of aromatic nitrogens is 4. The molecular formula is C13H17BrN4O. The van der Waals surface area contributed by atoms with Gasteiger partial charge in [-0.2, -0.15) is 10.2 Å². The van der Waals surface area contributed by atoms with Crippen LogP contribution in [-0.2, 0) is 19.5 Å². The second kappa shape index (κ2) is 5.69. The second-order valence-corrected chi connectivity index (χ2v) is 5.20. The normalized spacial score (nSPS) is 10.9. The van der Waals surface area contributed by atoms with Crippen molar-refractivity contribution in [3.8, 4) is 0 Å². The maximum atomic E-state index is 11.9. The maximum Gasteiger partial charge on any atom is 0.267 e. The monoisotopic (exact) mass is 324 g/mol. The van der Waals surface area contributed by atoms with E-state index in [1.54, 1.807) is 12.3 Å². The molecule has 2 rings (SSSR count). The van der Waals surface area contributed by atoms with Gasteiger partial charge >= 0.3 is 0 Å². The number of halogens is 1. The van der Waals surface area contributed by atoms with Gasteiger partial charge in [0.2, 0.25) is 0 Å². The van der Waals surface area contributed by atoms with E-state index in [1.165, 1.54) is 4.68 Å². The van der Waals surface area contributed by atoms with E-state index in [2.05, 4.69) is 33.1 Å². The van der Waals surface area contributed by atoms with Gasteiger partial charge in [-0.1, -0.05) is 6.92 Å². The molecule has 0 aromatic carbocycles. The first kappa shape index (κ1) is 14.0. The minimum absolute atomic E-state index is 0.0891. The molecule has 2 aromatic rings. The third-order valence-electron chi connectivity index (χ3n) is 3.00. The van der Waals surface area contributed by atoms with Gasteiger partial charge in [-0.05, 0) is 41.8 Å². The zero-order valence-electron chi connectivity index (χ0n) is 11.4. The molecule has 102 valence electrons. The molecule has 0 amide bonds. The molecule has 5 nitrogen and oxygen atoms in total. The zero-order chi connectivity index (χ0) is 14.0. The summed E-state index contributed by atoms with van der Waals surface area (Å²) in [7, 11) is 0. The predicted molar refractivity (Wildman–Crippen MR) is 77.3 cm³/mol. The van der Waals surface area contributed by atoms with E-state index in [1.807, 2.05) is 18.5 Å². The van der Waals surface area contributed by atoms with Crippen LogP contribution in [0.2, 0.25) is 0 Å². The van der Waals surface area contributed by atoms with Crippen LogP contribution in [-0.4, -0.2) is 19.6 Å². The third kappa shape index (κ3) is 2.78. The third-order valence-corrected chi connectivity index (χ3v) is 3.92. The van der Waals surface area contributed by atoms with Crippen LogP contribution in [0, 0.1) is 6.92 Å². The van der Waals surface area contributed by atoms with Crippen molar-refractivity contribution < 1.29 is 0 Å². The molecule has 0 spiro atoms. The summed E-state index contributed by atoms with van der Waals surface area (Å²) < 4.78 is 4.35. The fraction of sp³-hybridized carbons (Fsp3) is 0.462. The largest absolute Gasteiger partial charge is 0.268 e. The molecule has 0 saturated heterocycles. The van der Waals surface area contributed by atoms with Crippen LogP contribution in [0.15, 0.2) is 21.5 Å². The Labute approximate surface area is 120 Å². The van der Waals surface area contributed by atoms with E-state index >= 15 is 0 Å². The van der Waals surface area contributed by atoms with E-state index < -0.39 is 0 Å². The van der Waals surface area contributed by atoms with Gasteiger partial charge in [0.05, 0.1) is 28.6 Å². The number of hydrogen-bond acceptors (Lipinski definition) is 3. The van der Waals surface area contributed by atoms with Gasteiger partial charge in [0.25, 0.3) is 5.56 Å². The molecule has 0 atom stereocenters. The summed E-state index contributed by atoms with van der Waals surface area (Å²) in [5.74, 6) is 0. The van der Waals surface area contributed by atoms with Crippen molar-refractivity contribution in [2.45, 2.75) is 40.3 Å². The van der Waals surface area contributed by atoms with Gasteiger partial charge in [0.15, 0.2) is 0 Å². The van der Waals surface area contributed by atoms with Crippen molar-refractivity contribution >= 4 is 15.9 Å². The molecule has 2 heterocycles. The Balaban J connectivity index is 2.42. The minimum Gasteiger partial charge on any atom is -0.268 e. The molecule has 19 heavy (non-hydrogen) atoms. The molecule has 0 bridgehead atoms. The SMILES string of the molecule is CCc1nn(CC)c(Cn2ncc(C)cc2=O)c1Br. The number of rotatable bonds is 4. The standard InChI is InChI=1S/C13H17BrN4O/c1-4-10-13(14)11(17(5-2)16-10)8-18-12(19)6-9(3)7-15-18/h6-7H,4-5,8H2,1-3H3. The molecule has 2 aromatic heterocycles. The Hall–Kier alpha value is -1.43. The van der Waals surface area contributed by atoms with Gasteiger partial charge in [-0.15, -0.1) is 0 Å². The molecule has 0 N–H and O–H groups in total. The lowest BCUT2D eigenvalue weighted by atomic mass is 10.3. The average molecular weight is 325 g/mol. The van der Waals surface area contributed by atoms with Crippen LogP contribution < -0.4 is 5.56 Å². The smallest absolute Gasteiger partial charge is 0.267 e. The molecule has 0 radical (unpaired) electrons. The summed E-state index contributed by atoms with van der Waals surface area (Å²) in [5, 5.41) is 8.68. The first-order valence-corrected chi connectivity index (χ1v) is 7.13. The van der Waals surface area contributed by atoms with Crippen molar-refractivity contribution in [1.29, 1.82) is 0 Å². The maximum absolute atomic E-state index is 11.9. The highest BCUT2D eigenvalue weighted by Crippen LogP contribution is 2.22. The molecule has 0 saturated carbocycles. The van der Waals surface area contributed by atoms with Crippen molar-refractivity contribution in [3.05, 3.63) is 44.0 Å². The minimum atomic E-state index is -0.0891. The highest BCUT2D eigenvalue weighted by Gasteiger charge is 2.15. The molecule has 0 aliphatic heterocycles. The fourth-order valence-electron chi connectivity index (χ4n) is 1.95. The molecule has 6 heteroatoms. The molecule has 0 aliphatic carbocycles. The number of nitrogens with zero attached hydrogens (tertiary/aromatic N) is 4. The van der Waals surface area contributed by atoms with Crippen LogP contribution in [0.3, 0.4) is 0 Å². The van der Waals surface area contributed by atoms with Crippen LogP contribution in [0.4, 0.5) is 0 Å². The van der Waals surface area contributed by atoms with Gasteiger partial charge in [-0.3, -0.25) is 9.48 Å². The fourth-order valence-corrected chi connectivity index (χ4v) is 2.64. The molecule has 0 aliphatic rings. The van der Waals surface area contributed by atoms with Gasteiger partial charge in [0, 0.05) is 12.6 Å². The van der Waals surface area contributed by atoms with Crippen molar-refractivity contribution in [2.75, 3.05) is 0 Å². The summed E-state index contributed by atoms with van der Waals surface area (Å²) >= 11 is 3.57. The van der Waals surface area contributed by atoms with Crippen LogP contribution in [0.25, 0.3) is 0 Å². The van der Waals surface area contributed by atoms with E-state index in [9.17, 15) is 4.79 Å². The summed E-state index contributed by atoms with van der Waals surface area (Å²) in [6.45, 7) is 7.16. The number of aryl methyl sites for hydroxylation is 3. The lowest BCUT2D eigenvalue weighted by Gasteiger charge is -2.07. The Bertz CT molecular complexity index is 645. The Kier molecular flexibility index (Phi) is 4.19. The van der Waals surface area contributed by atoms with Crippen LogP contribution in [0.1, 0.15) is 30.8 Å². The van der Waals surface area contributed by atoms with E-state index in [-0.39, 0.29) is 5.56 Å². The Morgan fingerprint density at radius 3 is 2.63 bits per heavy atom. The van der Waals surface area contributed by atoms with E-state index in [0.29, 0.717) is 6.54 Å². The Morgan fingerprint density at radius 1 is 1.32 bits per heavy atom. The van der Waals surface area contributed by atoms with Crippen LogP contribution in [0.5, 0.6) is 0 Å². The van der Waals surface area contributed by atoms with Gasteiger partial charge in [0.1, 0.15) is 0 Å². The molecular weight excluding hydrogens is 308 g/mol. The summed E-state index contributed by atoms with van der Waals surface area (Å²) in [6, 6.07) is 1.59. The molecule has 0 unspecified atom stereocenters. The van der Waals surface area contributed by atoms with Crippen LogP contribution >= 0.6 is 15.9 Å². The average Bonchev–Trinajstić information content (AvgIpc) is 2.69. The summed E-state index contributed by atoms with van der Waals surface area (Å²) in [6.07, 6.45) is 2.56. The topological polar surface area (TPSA) is 52.7 Å². The lowest BCUT2D eigenvalue weighted by molar-refractivity contribution is 0.556. The predicted octanol–water partition coefficient (Wildman–Crippen LogP) is 2.14. The highest BCUT2D eigenvalue weighted by molar-refractivity contribution is 9.10. The first-order valence-electron chi connectivity index (χ1n) is 6.34. The van der Waals surface area contributed by atoms with Gasteiger partial charge in [-0.25, -0.2) is 4.68 Å². The zero-order valence-corrected chi connectivity index (χ0v) is 12.9. The highest BCUT2D eigenvalue weighted by atomic mass is 79.9. The van der Waals surface area contributed by atoms with Crippen molar-refractivity contribution in [1.82, 2.24) is 19.6 Å².